The van der Waals surface area contributed by atoms with E-state index in [1.807, 2.05) is 6.92 Å². The van der Waals surface area contributed by atoms with Gasteiger partial charge in [-0.1, -0.05) is 32.4 Å². The number of phenols is 1. The molecule has 3 aliphatic rings. The SMILES string of the molecule is COc1cc(O)c(C(=O)O[C@@H]2C[C@@]3(C)[C@H]4CC(C)(C)C[C@]4(O)C=C(C=O)[C@]23O)c(C)c1Cl. The molecule has 8 heteroatoms. The molecule has 0 spiro atoms. The summed E-state index contributed by atoms with van der Waals surface area (Å²) in [5.74, 6) is -1.29. The van der Waals surface area contributed by atoms with Gasteiger partial charge in [-0.05, 0) is 43.2 Å². The zero-order valence-electron chi connectivity index (χ0n) is 18.9. The first-order valence-corrected chi connectivity index (χ1v) is 11.0. The zero-order valence-corrected chi connectivity index (χ0v) is 19.6. The number of rotatable bonds is 4. The molecule has 5 atom stereocenters. The van der Waals surface area contributed by atoms with Crippen molar-refractivity contribution in [3.63, 3.8) is 0 Å². The van der Waals surface area contributed by atoms with Crippen LogP contribution in [-0.4, -0.2) is 52.0 Å². The van der Waals surface area contributed by atoms with Gasteiger partial charge in [0.1, 0.15) is 35.1 Å². The second-order valence-corrected chi connectivity index (χ2v) is 10.9. The lowest BCUT2D eigenvalue weighted by Gasteiger charge is -2.65. The van der Waals surface area contributed by atoms with Crippen LogP contribution in [0.4, 0.5) is 0 Å². The molecule has 3 aliphatic carbocycles. The highest BCUT2D eigenvalue weighted by Crippen LogP contribution is 2.69. The van der Waals surface area contributed by atoms with Crippen molar-refractivity contribution >= 4 is 23.9 Å². The Balaban J connectivity index is 1.69. The number of fused-ring (bicyclic) bond motifs is 3. The fraction of sp³-hybridized carbons (Fsp3) is 0.583. The summed E-state index contributed by atoms with van der Waals surface area (Å²) >= 11 is 6.23. The first kappa shape index (κ1) is 23.1. The van der Waals surface area contributed by atoms with Gasteiger partial charge in [-0.25, -0.2) is 4.79 Å². The Labute approximate surface area is 192 Å². The van der Waals surface area contributed by atoms with Crippen LogP contribution in [-0.2, 0) is 9.53 Å². The summed E-state index contributed by atoms with van der Waals surface area (Å²) in [6.07, 6.45) is 2.39. The number of carbonyl (C=O) groups excluding carboxylic acids is 2. The van der Waals surface area contributed by atoms with Crippen LogP contribution in [0.5, 0.6) is 11.5 Å². The summed E-state index contributed by atoms with van der Waals surface area (Å²) in [5, 5.41) is 33.6. The van der Waals surface area contributed by atoms with E-state index >= 15 is 0 Å². The van der Waals surface area contributed by atoms with Crippen LogP contribution in [0.25, 0.3) is 0 Å². The predicted octanol–water partition coefficient (Wildman–Crippen LogP) is 3.34. The molecule has 0 bridgehead atoms. The number of aliphatic hydroxyl groups is 2. The van der Waals surface area contributed by atoms with Crippen LogP contribution in [0.2, 0.25) is 5.02 Å². The lowest BCUT2D eigenvalue weighted by Crippen LogP contribution is -2.75. The topological polar surface area (TPSA) is 113 Å². The molecule has 0 saturated heterocycles. The van der Waals surface area contributed by atoms with Crippen molar-refractivity contribution in [3.05, 3.63) is 33.9 Å². The summed E-state index contributed by atoms with van der Waals surface area (Å²) in [4.78, 5) is 25.0. The molecule has 7 nitrogen and oxygen atoms in total. The summed E-state index contributed by atoms with van der Waals surface area (Å²) < 4.78 is 10.7. The van der Waals surface area contributed by atoms with Crippen molar-refractivity contribution in [1.29, 1.82) is 0 Å². The van der Waals surface area contributed by atoms with E-state index in [9.17, 15) is 24.9 Å². The van der Waals surface area contributed by atoms with E-state index < -0.39 is 28.7 Å². The third kappa shape index (κ3) is 2.87. The van der Waals surface area contributed by atoms with E-state index in [-0.39, 0.29) is 51.0 Å². The molecule has 174 valence electrons. The zero-order chi connectivity index (χ0) is 23.9. The van der Waals surface area contributed by atoms with Gasteiger partial charge in [0, 0.05) is 23.0 Å². The number of ether oxygens (including phenoxy) is 2. The van der Waals surface area contributed by atoms with Gasteiger partial charge in [-0.2, -0.15) is 0 Å². The number of hydrogen-bond acceptors (Lipinski definition) is 7. The molecule has 3 N–H and O–H groups in total. The average molecular weight is 465 g/mol. The maximum absolute atomic E-state index is 13.0. The smallest absolute Gasteiger partial charge is 0.342 e. The third-order valence-electron chi connectivity index (χ3n) is 7.93. The molecular weight excluding hydrogens is 436 g/mol. The van der Waals surface area contributed by atoms with Gasteiger partial charge in [-0.3, -0.25) is 4.79 Å². The third-order valence-corrected chi connectivity index (χ3v) is 8.40. The van der Waals surface area contributed by atoms with Crippen LogP contribution >= 0.6 is 11.6 Å². The van der Waals surface area contributed by atoms with Crippen LogP contribution in [0, 0.1) is 23.7 Å². The Morgan fingerprint density at radius 3 is 2.50 bits per heavy atom. The minimum atomic E-state index is -1.73. The molecule has 0 radical (unpaired) electrons. The molecule has 4 rings (SSSR count). The molecule has 2 fully saturated rings. The van der Waals surface area contributed by atoms with E-state index in [2.05, 4.69) is 13.8 Å². The van der Waals surface area contributed by atoms with E-state index in [0.29, 0.717) is 19.1 Å². The number of aldehydes is 1. The standard InChI is InChI=1S/C24H29ClO7/c1-12-18(14(27)6-15(31-5)19(12)25)20(28)32-17-9-22(4)16-8-21(2,3)11-23(16,29)7-13(10-26)24(17,22)30/h6-7,10,16-17,27,29-30H,8-9,11H2,1-5H3/t16-,17-,22+,23-,24+/m1/s1. The predicted molar refractivity (Wildman–Crippen MR) is 117 cm³/mol. The highest BCUT2D eigenvalue weighted by atomic mass is 35.5. The molecule has 1 aromatic rings. The van der Waals surface area contributed by atoms with Crippen LogP contribution in [0.15, 0.2) is 17.7 Å². The first-order chi connectivity index (χ1) is 14.7. The first-order valence-electron chi connectivity index (χ1n) is 10.6. The average Bonchev–Trinajstić information content (AvgIpc) is 2.96. The van der Waals surface area contributed by atoms with Gasteiger partial charge >= 0.3 is 5.97 Å². The maximum atomic E-state index is 13.0. The van der Waals surface area contributed by atoms with Gasteiger partial charge in [0.2, 0.25) is 0 Å². The normalized spacial score (nSPS) is 36.9. The number of phenolic OH excluding ortho intramolecular Hbond substituents is 1. The number of carbonyl (C=O) groups is 2. The quantitative estimate of drug-likeness (QED) is 0.462. The van der Waals surface area contributed by atoms with E-state index in [1.165, 1.54) is 19.3 Å². The summed E-state index contributed by atoms with van der Waals surface area (Å²) in [7, 11) is 1.39. The van der Waals surface area contributed by atoms with Crippen LogP contribution in [0.1, 0.15) is 56.0 Å². The van der Waals surface area contributed by atoms with Crippen LogP contribution < -0.4 is 4.74 Å². The Kier molecular flexibility index (Phi) is 5.02. The van der Waals surface area contributed by atoms with Gasteiger partial charge in [-0.15, -0.1) is 0 Å². The highest BCUT2D eigenvalue weighted by molar-refractivity contribution is 6.33. The summed E-state index contributed by atoms with van der Waals surface area (Å²) in [5.41, 5.74) is -3.77. The lowest BCUT2D eigenvalue weighted by atomic mass is 9.43. The van der Waals surface area contributed by atoms with Gasteiger partial charge in [0.25, 0.3) is 0 Å². The minimum absolute atomic E-state index is 0.0224. The van der Waals surface area contributed by atoms with E-state index in [4.69, 9.17) is 21.1 Å². The summed E-state index contributed by atoms with van der Waals surface area (Å²) in [6.45, 7) is 7.49. The molecule has 2 saturated carbocycles. The maximum Gasteiger partial charge on any atom is 0.342 e. The number of aromatic hydroxyl groups is 1. The van der Waals surface area contributed by atoms with Crippen molar-refractivity contribution in [2.24, 2.45) is 16.7 Å². The number of halogens is 1. The molecule has 0 amide bonds. The molecule has 1 aromatic carbocycles. The van der Waals surface area contributed by atoms with Crippen molar-refractivity contribution in [3.8, 4) is 11.5 Å². The molecule has 32 heavy (non-hydrogen) atoms. The lowest BCUT2D eigenvalue weighted by molar-refractivity contribution is -0.261. The number of esters is 1. The molecule has 0 aromatic heterocycles. The van der Waals surface area contributed by atoms with Crippen molar-refractivity contribution in [1.82, 2.24) is 0 Å². The Morgan fingerprint density at radius 1 is 1.25 bits per heavy atom. The van der Waals surface area contributed by atoms with E-state index in [0.717, 1.165) is 0 Å². The number of hydrogen-bond donors (Lipinski definition) is 3. The Bertz CT molecular complexity index is 1050. The van der Waals surface area contributed by atoms with Crippen LogP contribution in [0.3, 0.4) is 0 Å². The second-order valence-electron chi connectivity index (χ2n) is 10.5. The number of methoxy groups -OCH3 is 1. The fourth-order valence-electron chi connectivity index (χ4n) is 6.44. The highest BCUT2D eigenvalue weighted by Gasteiger charge is 2.75. The molecule has 0 unspecified atom stereocenters. The van der Waals surface area contributed by atoms with Gasteiger partial charge < -0.3 is 24.8 Å². The van der Waals surface area contributed by atoms with Crippen molar-refractivity contribution < 1.29 is 34.4 Å². The van der Waals surface area contributed by atoms with Gasteiger partial charge in [0.05, 0.1) is 17.7 Å². The van der Waals surface area contributed by atoms with Gasteiger partial charge in [0.15, 0.2) is 0 Å². The molecule has 0 heterocycles. The number of benzene rings is 1. The Hall–Kier alpha value is -2.09. The Morgan fingerprint density at radius 2 is 1.91 bits per heavy atom. The van der Waals surface area contributed by atoms with Crippen molar-refractivity contribution in [2.75, 3.05) is 7.11 Å². The van der Waals surface area contributed by atoms with Crippen molar-refractivity contribution in [2.45, 2.75) is 64.3 Å². The van der Waals surface area contributed by atoms with E-state index in [1.54, 1.807) is 6.92 Å². The largest absolute Gasteiger partial charge is 0.507 e. The monoisotopic (exact) mass is 464 g/mol. The second kappa shape index (κ2) is 6.95. The molecular formula is C24H29ClO7. The fourth-order valence-corrected chi connectivity index (χ4v) is 6.67. The molecule has 0 aliphatic heterocycles. The minimum Gasteiger partial charge on any atom is -0.507 e. The summed E-state index contributed by atoms with van der Waals surface area (Å²) in [6, 6.07) is 1.23.